The summed E-state index contributed by atoms with van der Waals surface area (Å²) in [5.74, 6) is -0.833. The topological polar surface area (TPSA) is 161 Å². The fourth-order valence-electron chi connectivity index (χ4n) is 4.46. The lowest BCUT2D eigenvalue weighted by atomic mass is 10.1. The van der Waals surface area contributed by atoms with Crippen molar-refractivity contribution >= 4 is 62.1 Å². The minimum atomic E-state index is -0.608. The predicted octanol–water partition coefficient (Wildman–Crippen LogP) is 6.51. The van der Waals surface area contributed by atoms with Crippen LogP contribution in [0.3, 0.4) is 0 Å². The monoisotopic (exact) mass is 631 g/mol. The third-order valence-corrected chi connectivity index (χ3v) is 7.25. The maximum Gasteiger partial charge on any atom is 0.272 e. The third kappa shape index (κ3) is 6.34. The first-order valence-corrected chi connectivity index (χ1v) is 13.9. The van der Waals surface area contributed by atoms with Gasteiger partial charge in [0.15, 0.2) is 0 Å². The Hall–Kier alpha value is -4.96. The van der Waals surface area contributed by atoms with Gasteiger partial charge in [0.2, 0.25) is 5.91 Å². The van der Waals surface area contributed by atoms with E-state index in [9.17, 15) is 29.8 Å². The van der Waals surface area contributed by atoms with Crippen LogP contribution in [0.4, 0.5) is 28.4 Å². The summed E-state index contributed by atoms with van der Waals surface area (Å²) in [5.41, 5.74) is 2.13. The molecule has 13 heteroatoms. The minimum Gasteiger partial charge on any atom is -0.372 e. The SMILES string of the molecule is CCC(=O)Nc1cc(N(CC)CCCN2C(=O)c3ccccc3C2=O)ccc1N=Nc1c(Br)cc([N+](=O)[O-])cc1C#N. The molecule has 0 fully saturated rings. The number of nitro benzene ring substituents is 1. The molecule has 3 aromatic carbocycles. The second kappa shape index (κ2) is 13.1. The molecule has 4 rings (SSSR count). The zero-order chi connectivity index (χ0) is 30.4. The van der Waals surface area contributed by atoms with Crippen molar-refractivity contribution in [3.8, 4) is 6.07 Å². The van der Waals surface area contributed by atoms with Crippen LogP contribution in [0.5, 0.6) is 0 Å². The molecule has 0 aliphatic carbocycles. The normalized spacial score (nSPS) is 12.4. The number of nitriles is 1. The van der Waals surface area contributed by atoms with Crippen LogP contribution in [0.25, 0.3) is 0 Å². The Morgan fingerprint density at radius 2 is 1.79 bits per heavy atom. The average Bonchev–Trinajstić information content (AvgIpc) is 3.23. The van der Waals surface area contributed by atoms with E-state index in [1.807, 2.05) is 17.9 Å². The van der Waals surface area contributed by atoms with Gasteiger partial charge in [-0.3, -0.25) is 29.4 Å². The van der Waals surface area contributed by atoms with E-state index in [1.54, 1.807) is 49.4 Å². The van der Waals surface area contributed by atoms with Crippen molar-refractivity contribution < 1.29 is 19.3 Å². The molecule has 0 aromatic heterocycles. The second-order valence-electron chi connectivity index (χ2n) is 9.24. The fraction of sp³-hybridized carbons (Fsp3) is 0.241. The number of fused-ring (bicyclic) bond motifs is 1. The van der Waals surface area contributed by atoms with Crippen LogP contribution in [0, 0.1) is 21.4 Å². The summed E-state index contributed by atoms with van der Waals surface area (Å²) < 4.78 is 0.225. The number of azo groups is 1. The summed E-state index contributed by atoms with van der Waals surface area (Å²) in [5, 5.41) is 31.9. The van der Waals surface area contributed by atoms with Crippen LogP contribution in [-0.2, 0) is 4.79 Å². The molecule has 1 heterocycles. The van der Waals surface area contributed by atoms with Crippen LogP contribution in [-0.4, -0.2) is 47.2 Å². The lowest BCUT2D eigenvalue weighted by Gasteiger charge is -2.25. The largest absolute Gasteiger partial charge is 0.372 e. The van der Waals surface area contributed by atoms with Gasteiger partial charge in [0.25, 0.3) is 17.5 Å². The molecule has 0 saturated carbocycles. The molecule has 42 heavy (non-hydrogen) atoms. The van der Waals surface area contributed by atoms with Crippen molar-refractivity contribution in [3.63, 3.8) is 0 Å². The Kier molecular flexibility index (Phi) is 9.39. The summed E-state index contributed by atoms with van der Waals surface area (Å²) in [6.45, 7) is 5.10. The Bertz CT molecular complexity index is 1610. The number of rotatable bonds is 11. The quantitative estimate of drug-likeness (QED) is 0.109. The van der Waals surface area contributed by atoms with Crippen molar-refractivity contribution in [1.82, 2.24) is 4.90 Å². The van der Waals surface area contributed by atoms with E-state index in [2.05, 4.69) is 31.5 Å². The van der Waals surface area contributed by atoms with Gasteiger partial charge in [-0.2, -0.15) is 5.26 Å². The maximum atomic E-state index is 12.7. The van der Waals surface area contributed by atoms with Gasteiger partial charge < -0.3 is 10.2 Å². The number of nitro groups is 1. The molecule has 1 aliphatic heterocycles. The average molecular weight is 632 g/mol. The molecule has 12 nitrogen and oxygen atoms in total. The van der Waals surface area contributed by atoms with Crippen LogP contribution >= 0.6 is 15.9 Å². The van der Waals surface area contributed by atoms with Crippen LogP contribution in [0.2, 0.25) is 0 Å². The van der Waals surface area contributed by atoms with E-state index in [-0.39, 0.29) is 52.1 Å². The van der Waals surface area contributed by atoms with Gasteiger partial charge in [0.1, 0.15) is 17.4 Å². The van der Waals surface area contributed by atoms with Crippen molar-refractivity contribution in [2.45, 2.75) is 26.7 Å². The standard InChI is InChI=1S/C29H26BrN7O5/c1-3-26(38)32-25-16-19(10-11-24(25)33-34-27-18(17-31)14-20(37(41)42)15-23(27)30)35(4-2)12-7-13-36-28(39)21-8-5-6-9-22(21)29(36)40/h5-6,8-11,14-16H,3-4,7,12-13H2,1-2H3,(H,32,38). The summed E-state index contributed by atoms with van der Waals surface area (Å²) >= 11 is 3.22. The highest BCUT2D eigenvalue weighted by atomic mass is 79.9. The van der Waals surface area contributed by atoms with Gasteiger partial charge in [-0.25, -0.2) is 0 Å². The first-order valence-electron chi connectivity index (χ1n) is 13.1. The van der Waals surface area contributed by atoms with Gasteiger partial charge >= 0.3 is 0 Å². The molecule has 3 aromatic rings. The predicted molar refractivity (Wildman–Crippen MR) is 159 cm³/mol. The number of non-ortho nitro benzene ring substituents is 1. The van der Waals surface area contributed by atoms with E-state index in [1.165, 1.54) is 11.0 Å². The van der Waals surface area contributed by atoms with E-state index < -0.39 is 4.92 Å². The highest BCUT2D eigenvalue weighted by molar-refractivity contribution is 9.10. The maximum absolute atomic E-state index is 12.7. The summed E-state index contributed by atoms with van der Waals surface area (Å²) in [7, 11) is 0. The van der Waals surface area contributed by atoms with Crippen molar-refractivity contribution in [3.05, 3.63) is 85.9 Å². The smallest absolute Gasteiger partial charge is 0.272 e. The molecule has 0 spiro atoms. The first kappa shape index (κ1) is 30.0. The molecule has 214 valence electrons. The van der Waals surface area contributed by atoms with E-state index >= 15 is 0 Å². The third-order valence-electron chi connectivity index (χ3n) is 6.65. The Morgan fingerprint density at radius 3 is 2.38 bits per heavy atom. The molecule has 0 unspecified atom stereocenters. The zero-order valence-electron chi connectivity index (χ0n) is 22.8. The molecular weight excluding hydrogens is 606 g/mol. The number of amides is 3. The number of anilines is 2. The molecule has 0 bridgehead atoms. The molecule has 0 atom stereocenters. The highest BCUT2D eigenvalue weighted by Crippen LogP contribution is 2.37. The Balaban J connectivity index is 1.54. The van der Waals surface area contributed by atoms with Crippen molar-refractivity contribution in [2.75, 3.05) is 29.9 Å². The molecule has 3 amide bonds. The fourth-order valence-corrected chi connectivity index (χ4v) is 4.99. The Morgan fingerprint density at radius 1 is 1.10 bits per heavy atom. The molecule has 0 radical (unpaired) electrons. The van der Waals surface area contributed by atoms with Gasteiger partial charge in [0, 0.05) is 43.9 Å². The van der Waals surface area contributed by atoms with Crippen LogP contribution in [0.1, 0.15) is 53.0 Å². The number of benzene rings is 3. The number of carbonyl (C=O) groups excluding carboxylic acids is 3. The highest BCUT2D eigenvalue weighted by Gasteiger charge is 2.34. The van der Waals surface area contributed by atoms with Gasteiger partial charge in [-0.1, -0.05) is 19.1 Å². The number of nitrogens with one attached hydrogen (secondary N) is 1. The molecule has 1 aliphatic rings. The van der Waals surface area contributed by atoms with Crippen molar-refractivity contribution in [2.24, 2.45) is 10.2 Å². The second-order valence-corrected chi connectivity index (χ2v) is 10.1. The summed E-state index contributed by atoms with van der Waals surface area (Å²) in [4.78, 5) is 51.5. The molecule has 1 N–H and O–H groups in total. The lowest BCUT2D eigenvalue weighted by Crippen LogP contribution is -2.33. The number of hydrogen-bond acceptors (Lipinski definition) is 9. The van der Waals surface area contributed by atoms with E-state index in [4.69, 9.17) is 0 Å². The van der Waals surface area contributed by atoms with Gasteiger partial charge in [-0.05, 0) is 59.6 Å². The Labute approximate surface area is 249 Å². The van der Waals surface area contributed by atoms with E-state index in [0.717, 1.165) is 11.8 Å². The molecule has 0 saturated heterocycles. The number of nitrogens with zero attached hydrogens (tertiary/aromatic N) is 6. The summed E-state index contributed by atoms with van der Waals surface area (Å²) in [6, 6.07) is 16.2. The first-order chi connectivity index (χ1) is 20.2. The summed E-state index contributed by atoms with van der Waals surface area (Å²) in [6.07, 6.45) is 0.758. The number of hydrogen-bond donors (Lipinski definition) is 1. The van der Waals surface area contributed by atoms with E-state index in [0.29, 0.717) is 42.0 Å². The number of carbonyl (C=O) groups is 3. The zero-order valence-corrected chi connectivity index (χ0v) is 24.4. The lowest BCUT2D eigenvalue weighted by molar-refractivity contribution is -0.384. The van der Waals surface area contributed by atoms with Crippen LogP contribution in [0.15, 0.2) is 69.3 Å². The number of imide groups is 1. The van der Waals surface area contributed by atoms with Gasteiger partial charge in [-0.15, -0.1) is 10.2 Å². The number of halogens is 1. The van der Waals surface area contributed by atoms with Gasteiger partial charge in [0.05, 0.1) is 31.8 Å². The van der Waals surface area contributed by atoms with Crippen LogP contribution < -0.4 is 10.2 Å². The molecular formula is C29H26BrN7O5. The minimum absolute atomic E-state index is 0.0363. The van der Waals surface area contributed by atoms with Crippen molar-refractivity contribution in [1.29, 1.82) is 5.26 Å².